The molecule has 2 heterocycles. The van der Waals surface area contributed by atoms with Crippen LogP contribution in [0.3, 0.4) is 0 Å². The molecule has 0 aliphatic carbocycles. The highest BCUT2D eigenvalue weighted by molar-refractivity contribution is 5.81. The number of likely N-dealkylation sites (N-methyl/N-ethyl adjacent to an activating group) is 1. The first-order valence-electron chi connectivity index (χ1n) is 10.9. The van der Waals surface area contributed by atoms with Crippen LogP contribution in [0.25, 0.3) is 22.0 Å². The van der Waals surface area contributed by atoms with Crippen LogP contribution in [0, 0.1) is 6.92 Å². The number of hydrogen-bond donors (Lipinski definition) is 0. The monoisotopic (exact) mass is 395 g/mol. The number of anilines is 1. The van der Waals surface area contributed by atoms with Gasteiger partial charge in [-0.2, -0.15) is 0 Å². The van der Waals surface area contributed by atoms with Gasteiger partial charge in [-0.3, -0.25) is 0 Å². The number of aromatic nitrogens is 1. The van der Waals surface area contributed by atoms with Gasteiger partial charge in [0.2, 0.25) is 0 Å². The van der Waals surface area contributed by atoms with Crippen LogP contribution in [0.15, 0.2) is 78.9 Å². The Hall–Kier alpha value is -3.04. The third-order valence-corrected chi connectivity index (χ3v) is 6.37. The lowest BCUT2D eigenvalue weighted by Gasteiger charge is -2.35. The van der Waals surface area contributed by atoms with Crippen LogP contribution in [-0.4, -0.2) is 42.7 Å². The summed E-state index contributed by atoms with van der Waals surface area (Å²) in [6.07, 6.45) is 0. The van der Waals surface area contributed by atoms with Crippen molar-refractivity contribution in [1.82, 2.24) is 9.47 Å². The second-order valence-corrected chi connectivity index (χ2v) is 8.44. The molecular formula is C27H29N3. The number of benzene rings is 3. The Morgan fingerprint density at radius 2 is 1.47 bits per heavy atom. The maximum absolute atomic E-state index is 2.53. The maximum atomic E-state index is 2.53. The van der Waals surface area contributed by atoms with Gasteiger partial charge in [0.1, 0.15) is 0 Å². The molecule has 1 saturated heterocycles. The molecule has 3 nitrogen and oxygen atoms in total. The number of hydrogen-bond acceptors (Lipinski definition) is 2. The summed E-state index contributed by atoms with van der Waals surface area (Å²) >= 11 is 0. The molecule has 152 valence electrons. The normalized spacial score (nSPS) is 15.1. The quantitative estimate of drug-likeness (QED) is 0.457. The van der Waals surface area contributed by atoms with Gasteiger partial charge in [0.15, 0.2) is 0 Å². The van der Waals surface area contributed by atoms with Crippen LogP contribution in [-0.2, 0) is 6.54 Å². The minimum Gasteiger partial charge on any atom is -0.368 e. The van der Waals surface area contributed by atoms with E-state index in [0.717, 1.165) is 32.7 Å². The largest absolute Gasteiger partial charge is 0.368 e. The SMILES string of the molecule is Cc1cc2ccccc2n1Cc1ccc(-c2ccccc2N2CCN(C)CC2)cc1. The van der Waals surface area contributed by atoms with Gasteiger partial charge in [0.25, 0.3) is 0 Å². The fraction of sp³-hybridized carbons (Fsp3) is 0.259. The first-order valence-corrected chi connectivity index (χ1v) is 10.9. The van der Waals surface area contributed by atoms with Crippen molar-refractivity contribution in [2.75, 3.05) is 38.1 Å². The van der Waals surface area contributed by atoms with Crippen LogP contribution in [0.1, 0.15) is 11.3 Å². The van der Waals surface area contributed by atoms with Crippen molar-refractivity contribution in [3.8, 4) is 11.1 Å². The molecule has 0 bridgehead atoms. The molecule has 1 aliphatic heterocycles. The van der Waals surface area contributed by atoms with Gasteiger partial charge in [-0.05, 0) is 48.7 Å². The summed E-state index contributed by atoms with van der Waals surface area (Å²) in [6, 6.07) is 28.9. The van der Waals surface area contributed by atoms with Crippen LogP contribution in [0.5, 0.6) is 0 Å². The third-order valence-electron chi connectivity index (χ3n) is 6.37. The molecular weight excluding hydrogens is 366 g/mol. The van der Waals surface area contributed by atoms with E-state index in [9.17, 15) is 0 Å². The Labute approximate surface area is 179 Å². The first-order chi connectivity index (χ1) is 14.7. The Morgan fingerprint density at radius 1 is 0.767 bits per heavy atom. The van der Waals surface area contributed by atoms with Crippen LogP contribution in [0.4, 0.5) is 5.69 Å². The predicted molar refractivity (Wildman–Crippen MR) is 127 cm³/mol. The van der Waals surface area contributed by atoms with Gasteiger partial charge in [0, 0.05) is 55.2 Å². The van der Waals surface area contributed by atoms with Crippen molar-refractivity contribution in [3.05, 3.63) is 90.1 Å². The lowest BCUT2D eigenvalue weighted by atomic mass is 10.0. The minimum absolute atomic E-state index is 0.903. The third kappa shape index (κ3) is 3.61. The maximum Gasteiger partial charge on any atom is 0.0485 e. The van der Waals surface area contributed by atoms with E-state index in [1.807, 2.05) is 0 Å². The van der Waals surface area contributed by atoms with E-state index in [1.54, 1.807) is 0 Å². The molecule has 1 aromatic heterocycles. The molecule has 0 amide bonds. The molecule has 3 aromatic carbocycles. The van der Waals surface area contributed by atoms with E-state index in [2.05, 4.69) is 107 Å². The lowest BCUT2D eigenvalue weighted by Crippen LogP contribution is -2.44. The van der Waals surface area contributed by atoms with Gasteiger partial charge in [-0.15, -0.1) is 0 Å². The van der Waals surface area contributed by atoms with Gasteiger partial charge >= 0.3 is 0 Å². The van der Waals surface area contributed by atoms with Crippen LogP contribution >= 0.6 is 0 Å². The zero-order valence-corrected chi connectivity index (χ0v) is 17.9. The summed E-state index contributed by atoms with van der Waals surface area (Å²) in [5, 5.41) is 1.31. The molecule has 1 aliphatic rings. The number of para-hydroxylation sites is 2. The summed E-state index contributed by atoms with van der Waals surface area (Å²) in [5.74, 6) is 0. The second-order valence-electron chi connectivity index (χ2n) is 8.44. The average Bonchev–Trinajstić information content (AvgIpc) is 3.10. The smallest absolute Gasteiger partial charge is 0.0485 e. The Bertz CT molecular complexity index is 1150. The number of nitrogens with zero attached hydrogens (tertiary/aromatic N) is 3. The molecule has 0 radical (unpaired) electrons. The molecule has 0 saturated carbocycles. The van der Waals surface area contributed by atoms with Crippen LogP contribution < -0.4 is 4.90 Å². The van der Waals surface area contributed by atoms with E-state index >= 15 is 0 Å². The number of piperazine rings is 1. The first kappa shape index (κ1) is 19.0. The predicted octanol–water partition coefficient (Wildman–Crippen LogP) is 5.42. The van der Waals surface area contributed by atoms with E-state index in [4.69, 9.17) is 0 Å². The van der Waals surface area contributed by atoms with Gasteiger partial charge in [-0.25, -0.2) is 0 Å². The molecule has 5 rings (SSSR count). The Balaban J connectivity index is 1.41. The highest BCUT2D eigenvalue weighted by Crippen LogP contribution is 2.32. The van der Waals surface area contributed by atoms with Gasteiger partial charge in [-0.1, -0.05) is 60.7 Å². The lowest BCUT2D eigenvalue weighted by molar-refractivity contribution is 0.313. The molecule has 3 heteroatoms. The summed E-state index contributed by atoms with van der Waals surface area (Å²) in [4.78, 5) is 4.93. The number of fused-ring (bicyclic) bond motifs is 1. The highest BCUT2D eigenvalue weighted by Gasteiger charge is 2.17. The summed E-state index contributed by atoms with van der Waals surface area (Å²) in [5.41, 5.74) is 7.92. The molecule has 0 N–H and O–H groups in total. The fourth-order valence-electron chi connectivity index (χ4n) is 4.57. The highest BCUT2D eigenvalue weighted by atomic mass is 15.2. The molecule has 0 unspecified atom stereocenters. The summed E-state index contributed by atoms with van der Waals surface area (Å²) < 4.78 is 2.41. The molecule has 1 fully saturated rings. The second kappa shape index (κ2) is 8.00. The topological polar surface area (TPSA) is 11.4 Å². The van der Waals surface area contributed by atoms with Crippen molar-refractivity contribution in [2.24, 2.45) is 0 Å². The zero-order chi connectivity index (χ0) is 20.5. The number of aryl methyl sites for hydroxylation is 1. The van der Waals surface area contributed by atoms with E-state index in [1.165, 1.54) is 39.0 Å². The van der Waals surface area contributed by atoms with Crippen molar-refractivity contribution in [1.29, 1.82) is 0 Å². The molecule has 30 heavy (non-hydrogen) atoms. The standard InChI is InChI=1S/C27H29N3/c1-21-19-24-7-3-5-9-26(24)30(21)20-22-11-13-23(14-12-22)25-8-4-6-10-27(25)29-17-15-28(2)16-18-29/h3-14,19H,15-18,20H2,1-2H3. The van der Waals surface area contributed by atoms with Crippen molar-refractivity contribution in [3.63, 3.8) is 0 Å². The average molecular weight is 396 g/mol. The van der Waals surface area contributed by atoms with Crippen LogP contribution in [0.2, 0.25) is 0 Å². The van der Waals surface area contributed by atoms with Crippen molar-refractivity contribution < 1.29 is 0 Å². The summed E-state index contributed by atoms with van der Waals surface area (Å²) in [6.45, 7) is 7.52. The minimum atomic E-state index is 0.903. The zero-order valence-electron chi connectivity index (χ0n) is 17.9. The summed E-state index contributed by atoms with van der Waals surface area (Å²) in [7, 11) is 2.21. The molecule has 0 atom stereocenters. The molecule has 4 aromatic rings. The van der Waals surface area contributed by atoms with E-state index in [0.29, 0.717) is 0 Å². The van der Waals surface area contributed by atoms with Crippen molar-refractivity contribution >= 4 is 16.6 Å². The van der Waals surface area contributed by atoms with E-state index in [-0.39, 0.29) is 0 Å². The van der Waals surface area contributed by atoms with Crippen molar-refractivity contribution in [2.45, 2.75) is 13.5 Å². The molecule has 0 spiro atoms. The van der Waals surface area contributed by atoms with E-state index < -0.39 is 0 Å². The van der Waals surface area contributed by atoms with Gasteiger partial charge in [0.05, 0.1) is 0 Å². The Morgan fingerprint density at radius 3 is 2.27 bits per heavy atom. The van der Waals surface area contributed by atoms with Gasteiger partial charge < -0.3 is 14.4 Å². The Kier molecular flexibility index (Phi) is 5.06. The fourth-order valence-corrected chi connectivity index (χ4v) is 4.57. The number of rotatable bonds is 4.